The van der Waals surface area contributed by atoms with E-state index in [4.69, 9.17) is 0 Å². The van der Waals surface area contributed by atoms with Crippen molar-refractivity contribution in [3.63, 3.8) is 0 Å². The van der Waals surface area contributed by atoms with E-state index in [0.717, 1.165) is 17.8 Å². The Morgan fingerprint density at radius 1 is 1.19 bits per heavy atom. The minimum atomic E-state index is -0.0738. The molecule has 0 spiro atoms. The summed E-state index contributed by atoms with van der Waals surface area (Å²) >= 11 is 0. The van der Waals surface area contributed by atoms with Gasteiger partial charge in [0, 0.05) is 11.7 Å². The van der Waals surface area contributed by atoms with E-state index in [9.17, 15) is 4.79 Å². The third kappa shape index (κ3) is 2.42. The molecule has 0 aliphatic carbocycles. The Kier molecular flexibility index (Phi) is 3.45. The summed E-state index contributed by atoms with van der Waals surface area (Å²) in [4.78, 5) is 14.6. The van der Waals surface area contributed by atoms with Gasteiger partial charge in [-0.3, -0.25) is 4.79 Å². The molecule has 2 heterocycles. The molecule has 0 saturated carbocycles. The molecule has 3 rings (SSSR count). The zero-order chi connectivity index (χ0) is 15.0. The summed E-state index contributed by atoms with van der Waals surface area (Å²) in [6.45, 7) is 6.18. The second kappa shape index (κ2) is 5.28. The van der Waals surface area contributed by atoms with E-state index in [0.29, 0.717) is 11.6 Å². The topological polar surface area (TPSA) is 46.1 Å². The maximum atomic E-state index is 12.7. The number of aromatic nitrogens is 2. The van der Waals surface area contributed by atoms with Gasteiger partial charge in [-0.2, -0.15) is 5.10 Å². The Morgan fingerprint density at radius 2 is 1.95 bits per heavy atom. The molecule has 1 aromatic carbocycles. The Labute approximate surface area is 124 Å². The molecule has 1 aromatic heterocycles. The average molecular weight is 281 g/mol. The highest BCUT2D eigenvalue weighted by Crippen LogP contribution is 2.32. The molecule has 1 aliphatic rings. The van der Waals surface area contributed by atoms with E-state index in [1.54, 1.807) is 6.07 Å². The zero-order valence-corrected chi connectivity index (χ0v) is 12.6. The van der Waals surface area contributed by atoms with Crippen molar-refractivity contribution in [2.24, 2.45) is 0 Å². The van der Waals surface area contributed by atoms with Gasteiger partial charge in [0.1, 0.15) is 0 Å². The number of hydrogen-bond acceptors (Lipinski definition) is 3. The van der Waals surface area contributed by atoms with E-state index < -0.39 is 0 Å². The third-order valence-electron chi connectivity index (χ3n) is 3.92. The number of carbonyl (C=O) groups excluding carboxylic acids is 1. The van der Waals surface area contributed by atoms with E-state index >= 15 is 0 Å². The fraction of sp³-hybridized carbons (Fsp3) is 0.353. The largest absolute Gasteiger partial charge is 0.304 e. The lowest BCUT2D eigenvalue weighted by molar-refractivity contribution is 0.0975. The van der Waals surface area contributed by atoms with Crippen LogP contribution in [0.15, 0.2) is 36.4 Å². The highest BCUT2D eigenvalue weighted by molar-refractivity contribution is 6.06. The number of nitrogens with zero attached hydrogens (tertiary/aromatic N) is 3. The molecule has 21 heavy (non-hydrogen) atoms. The van der Waals surface area contributed by atoms with Crippen LogP contribution in [0, 0.1) is 0 Å². The van der Waals surface area contributed by atoms with E-state index in [1.165, 1.54) is 5.56 Å². The maximum Gasteiger partial charge on any atom is 0.279 e. The van der Waals surface area contributed by atoms with E-state index in [2.05, 4.69) is 37.0 Å². The minimum absolute atomic E-state index is 0.0738. The number of para-hydroxylation sites is 1. The summed E-state index contributed by atoms with van der Waals surface area (Å²) in [5, 5.41) is 8.26. The molecular weight excluding hydrogens is 262 g/mol. The van der Waals surface area contributed by atoms with Crippen LogP contribution in [0.4, 0.5) is 5.69 Å². The molecule has 1 unspecified atom stereocenters. The van der Waals surface area contributed by atoms with Crippen molar-refractivity contribution in [1.29, 1.82) is 0 Å². The molecule has 4 nitrogen and oxygen atoms in total. The van der Waals surface area contributed by atoms with Gasteiger partial charge in [0.25, 0.3) is 5.91 Å². The van der Waals surface area contributed by atoms with Crippen LogP contribution in [0.1, 0.15) is 48.4 Å². The molecule has 0 radical (unpaired) electrons. The second-order valence-corrected chi connectivity index (χ2v) is 5.86. The first-order valence-electron chi connectivity index (χ1n) is 7.33. The molecule has 2 aromatic rings. The number of benzene rings is 1. The Bertz CT molecular complexity index is 664. The first-order chi connectivity index (χ1) is 10.1. The number of carbonyl (C=O) groups is 1. The van der Waals surface area contributed by atoms with Gasteiger partial charge in [0.05, 0.1) is 5.69 Å². The number of rotatable bonds is 2. The molecule has 0 saturated heterocycles. The lowest BCUT2D eigenvalue weighted by atomic mass is 10.1. The summed E-state index contributed by atoms with van der Waals surface area (Å²) in [6.07, 6.45) is 0.888. The maximum absolute atomic E-state index is 12.7. The lowest BCUT2D eigenvalue weighted by Crippen LogP contribution is -2.36. The summed E-state index contributed by atoms with van der Waals surface area (Å²) in [7, 11) is 0. The van der Waals surface area contributed by atoms with Gasteiger partial charge in [0.2, 0.25) is 0 Å². The summed E-state index contributed by atoms with van der Waals surface area (Å²) < 4.78 is 0. The van der Waals surface area contributed by atoms with Gasteiger partial charge in [-0.15, -0.1) is 5.10 Å². The molecule has 1 aliphatic heterocycles. The third-order valence-corrected chi connectivity index (χ3v) is 3.92. The standard InChI is InChI=1S/C17H19N3O/c1-11(2)14-8-9-15(19-18-14)17(21)20-12(3)10-13-6-4-5-7-16(13)20/h4-9,11-12H,10H2,1-3H3. The Hall–Kier alpha value is -2.23. The van der Waals surface area contributed by atoms with Crippen LogP contribution < -0.4 is 4.90 Å². The number of anilines is 1. The first kappa shape index (κ1) is 13.7. The molecule has 1 atom stereocenters. The van der Waals surface area contributed by atoms with Crippen LogP contribution in [0.2, 0.25) is 0 Å². The van der Waals surface area contributed by atoms with Gasteiger partial charge < -0.3 is 4.90 Å². The van der Waals surface area contributed by atoms with Gasteiger partial charge in [-0.25, -0.2) is 0 Å². The fourth-order valence-corrected chi connectivity index (χ4v) is 2.76. The molecule has 1 amide bonds. The van der Waals surface area contributed by atoms with Crippen molar-refractivity contribution in [3.05, 3.63) is 53.3 Å². The van der Waals surface area contributed by atoms with Crippen LogP contribution in [0.3, 0.4) is 0 Å². The van der Waals surface area contributed by atoms with Crippen LogP contribution in [0.5, 0.6) is 0 Å². The fourth-order valence-electron chi connectivity index (χ4n) is 2.76. The normalized spacial score (nSPS) is 17.1. The van der Waals surface area contributed by atoms with Crippen LogP contribution in [-0.4, -0.2) is 22.1 Å². The number of amides is 1. The summed E-state index contributed by atoms with van der Waals surface area (Å²) in [5.41, 5.74) is 3.51. The smallest absolute Gasteiger partial charge is 0.279 e. The molecule has 108 valence electrons. The molecule has 4 heteroatoms. The minimum Gasteiger partial charge on any atom is -0.304 e. The average Bonchev–Trinajstić information content (AvgIpc) is 2.82. The van der Waals surface area contributed by atoms with Crippen molar-refractivity contribution in [3.8, 4) is 0 Å². The summed E-state index contributed by atoms with van der Waals surface area (Å²) in [5.74, 6) is 0.239. The van der Waals surface area contributed by atoms with Crippen LogP contribution in [0.25, 0.3) is 0 Å². The first-order valence-corrected chi connectivity index (χ1v) is 7.33. The van der Waals surface area contributed by atoms with Crippen LogP contribution in [-0.2, 0) is 6.42 Å². The predicted molar refractivity (Wildman–Crippen MR) is 82.5 cm³/mol. The highest BCUT2D eigenvalue weighted by atomic mass is 16.2. The van der Waals surface area contributed by atoms with Crippen molar-refractivity contribution in [2.45, 2.75) is 39.2 Å². The van der Waals surface area contributed by atoms with Gasteiger partial charge in [0.15, 0.2) is 5.69 Å². The SMILES string of the molecule is CC(C)c1ccc(C(=O)N2c3ccccc3CC2C)nn1. The molecule has 0 fully saturated rings. The monoisotopic (exact) mass is 281 g/mol. The predicted octanol–water partition coefficient (Wildman–Crippen LogP) is 3.19. The van der Waals surface area contributed by atoms with Crippen molar-refractivity contribution in [2.75, 3.05) is 4.90 Å². The number of fused-ring (bicyclic) bond motifs is 1. The van der Waals surface area contributed by atoms with Crippen LogP contribution >= 0.6 is 0 Å². The highest BCUT2D eigenvalue weighted by Gasteiger charge is 2.31. The van der Waals surface area contributed by atoms with Gasteiger partial charge >= 0.3 is 0 Å². The van der Waals surface area contributed by atoms with Crippen molar-refractivity contribution in [1.82, 2.24) is 10.2 Å². The second-order valence-electron chi connectivity index (χ2n) is 5.86. The molecule has 0 N–H and O–H groups in total. The van der Waals surface area contributed by atoms with E-state index in [1.807, 2.05) is 29.2 Å². The number of hydrogen-bond donors (Lipinski definition) is 0. The molecule has 0 bridgehead atoms. The van der Waals surface area contributed by atoms with Gasteiger partial charge in [-0.05, 0) is 43.0 Å². The van der Waals surface area contributed by atoms with Crippen molar-refractivity contribution < 1.29 is 4.79 Å². The summed E-state index contributed by atoms with van der Waals surface area (Å²) in [6, 6.07) is 11.9. The molecular formula is C17H19N3O. The quantitative estimate of drug-likeness (QED) is 0.849. The Morgan fingerprint density at radius 3 is 2.62 bits per heavy atom. The zero-order valence-electron chi connectivity index (χ0n) is 12.6. The lowest BCUT2D eigenvalue weighted by Gasteiger charge is -2.22. The van der Waals surface area contributed by atoms with Crippen molar-refractivity contribution >= 4 is 11.6 Å². The van der Waals surface area contributed by atoms with Gasteiger partial charge in [-0.1, -0.05) is 32.0 Å². The Balaban J connectivity index is 1.92. The van der Waals surface area contributed by atoms with E-state index in [-0.39, 0.29) is 11.9 Å².